The molecule has 0 saturated carbocycles. The molecule has 0 spiro atoms. The van der Waals surface area contributed by atoms with Gasteiger partial charge in [0.15, 0.2) is 0 Å². The summed E-state index contributed by atoms with van der Waals surface area (Å²) in [5.41, 5.74) is 2.92. The van der Waals surface area contributed by atoms with Gasteiger partial charge in [0.25, 0.3) is 0 Å². The molecule has 0 aliphatic carbocycles. The highest BCUT2D eigenvalue weighted by Crippen LogP contribution is 2.31. The Morgan fingerprint density at radius 3 is 3.11 bits per heavy atom. The zero-order valence-electron chi connectivity index (χ0n) is 12.2. The Morgan fingerprint density at radius 1 is 1.53 bits per heavy atom. The van der Waals surface area contributed by atoms with Gasteiger partial charge < -0.3 is 10.2 Å². The summed E-state index contributed by atoms with van der Waals surface area (Å²) in [7, 11) is 0. The number of H-pyrrole nitrogens is 1. The summed E-state index contributed by atoms with van der Waals surface area (Å²) >= 11 is 0. The zero-order chi connectivity index (χ0) is 13.3. The fourth-order valence-corrected chi connectivity index (χ4v) is 3.63. The SMILES string of the molecule is Cc1cc(C2CCCN(CC3(C)CCNC3)C2)n[nH]1. The van der Waals surface area contributed by atoms with Crippen LogP contribution in [0.25, 0.3) is 0 Å². The van der Waals surface area contributed by atoms with Gasteiger partial charge in [-0.25, -0.2) is 0 Å². The number of piperidine rings is 1. The summed E-state index contributed by atoms with van der Waals surface area (Å²) in [4.78, 5) is 2.66. The third kappa shape index (κ3) is 3.00. The Morgan fingerprint density at radius 2 is 2.42 bits per heavy atom. The van der Waals surface area contributed by atoms with E-state index in [0.29, 0.717) is 11.3 Å². The number of rotatable bonds is 3. The molecule has 2 N–H and O–H groups in total. The van der Waals surface area contributed by atoms with Crippen molar-refractivity contribution in [2.24, 2.45) is 5.41 Å². The molecule has 2 atom stereocenters. The largest absolute Gasteiger partial charge is 0.316 e. The van der Waals surface area contributed by atoms with Crippen LogP contribution < -0.4 is 5.32 Å². The van der Waals surface area contributed by atoms with Crippen molar-refractivity contribution >= 4 is 0 Å². The van der Waals surface area contributed by atoms with E-state index in [-0.39, 0.29) is 0 Å². The monoisotopic (exact) mass is 262 g/mol. The van der Waals surface area contributed by atoms with E-state index in [1.165, 1.54) is 63.4 Å². The second-order valence-corrected chi connectivity index (χ2v) is 6.79. The van der Waals surface area contributed by atoms with Crippen molar-refractivity contribution < 1.29 is 0 Å². The molecule has 0 bridgehead atoms. The molecule has 2 fully saturated rings. The van der Waals surface area contributed by atoms with Crippen molar-refractivity contribution in [3.8, 4) is 0 Å². The predicted molar refractivity (Wildman–Crippen MR) is 77.3 cm³/mol. The first-order chi connectivity index (χ1) is 9.15. The van der Waals surface area contributed by atoms with E-state index in [1.807, 2.05) is 0 Å². The predicted octanol–water partition coefficient (Wildman–Crippen LogP) is 1.90. The van der Waals surface area contributed by atoms with E-state index < -0.39 is 0 Å². The lowest BCUT2D eigenvalue weighted by molar-refractivity contribution is 0.140. The zero-order valence-corrected chi connectivity index (χ0v) is 12.2. The first kappa shape index (κ1) is 13.1. The summed E-state index contributed by atoms with van der Waals surface area (Å²) in [6.45, 7) is 10.6. The molecule has 2 unspecified atom stereocenters. The fourth-order valence-electron chi connectivity index (χ4n) is 3.63. The minimum atomic E-state index is 0.476. The van der Waals surface area contributed by atoms with Crippen LogP contribution in [0.5, 0.6) is 0 Å². The molecular formula is C15H26N4. The van der Waals surface area contributed by atoms with Gasteiger partial charge in [-0.3, -0.25) is 5.10 Å². The molecule has 19 heavy (non-hydrogen) atoms. The fraction of sp³-hybridized carbons (Fsp3) is 0.800. The van der Waals surface area contributed by atoms with Crippen molar-refractivity contribution in [3.05, 3.63) is 17.5 Å². The Balaban J connectivity index is 1.61. The molecule has 4 heteroatoms. The first-order valence-corrected chi connectivity index (χ1v) is 7.60. The maximum atomic E-state index is 4.46. The molecule has 3 heterocycles. The van der Waals surface area contributed by atoms with E-state index in [4.69, 9.17) is 0 Å². The van der Waals surface area contributed by atoms with Crippen LogP contribution in [0.3, 0.4) is 0 Å². The van der Waals surface area contributed by atoms with Crippen molar-refractivity contribution in [3.63, 3.8) is 0 Å². The molecule has 0 amide bonds. The number of aryl methyl sites for hydroxylation is 1. The third-order valence-corrected chi connectivity index (χ3v) is 4.71. The smallest absolute Gasteiger partial charge is 0.0668 e. The van der Waals surface area contributed by atoms with Crippen molar-refractivity contribution in [1.82, 2.24) is 20.4 Å². The minimum absolute atomic E-state index is 0.476. The molecule has 1 aromatic rings. The second kappa shape index (κ2) is 5.25. The highest BCUT2D eigenvalue weighted by Gasteiger charge is 2.33. The van der Waals surface area contributed by atoms with Crippen molar-refractivity contribution in [2.75, 3.05) is 32.7 Å². The Bertz CT molecular complexity index is 420. The molecule has 3 rings (SSSR count). The number of aromatic amines is 1. The van der Waals surface area contributed by atoms with E-state index in [2.05, 4.69) is 40.3 Å². The normalized spacial score (nSPS) is 32.8. The first-order valence-electron chi connectivity index (χ1n) is 7.60. The molecule has 2 aliphatic heterocycles. The van der Waals surface area contributed by atoms with Gasteiger partial charge in [-0.05, 0) is 50.8 Å². The molecule has 2 aliphatic rings. The maximum absolute atomic E-state index is 4.46. The van der Waals surface area contributed by atoms with Crippen LogP contribution >= 0.6 is 0 Å². The number of aromatic nitrogens is 2. The highest BCUT2D eigenvalue weighted by molar-refractivity contribution is 5.13. The Hall–Kier alpha value is -0.870. The highest BCUT2D eigenvalue weighted by atomic mass is 15.2. The quantitative estimate of drug-likeness (QED) is 0.874. The van der Waals surface area contributed by atoms with E-state index in [1.54, 1.807) is 0 Å². The van der Waals surface area contributed by atoms with Gasteiger partial charge in [0, 0.05) is 31.2 Å². The van der Waals surface area contributed by atoms with Crippen LogP contribution in [-0.4, -0.2) is 47.8 Å². The average Bonchev–Trinajstić information content (AvgIpc) is 2.99. The topological polar surface area (TPSA) is 44.0 Å². The molecule has 4 nitrogen and oxygen atoms in total. The molecule has 2 saturated heterocycles. The Labute approximate surface area is 116 Å². The molecule has 1 aromatic heterocycles. The lowest BCUT2D eigenvalue weighted by Gasteiger charge is -2.37. The average molecular weight is 262 g/mol. The van der Waals surface area contributed by atoms with Crippen LogP contribution in [0.15, 0.2) is 6.07 Å². The van der Waals surface area contributed by atoms with Crippen LogP contribution in [0, 0.1) is 12.3 Å². The maximum Gasteiger partial charge on any atom is 0.0668 e. The lowest BCUT2D eigenvalue weighted by atomic mass is 9.87. The van der Waals surface area contributed by atoms with Gasteiger partial charge in [-0.2, -0.15) is 5.10 Å². The van der Waals surface area contributed by atoms with E-state index in [0.717, 1.165) is 0 Å². The summed E-state index contributed by atoms with van der Waals surface area (Å²) in [6.07, 6.45) is 3.91. The van der Waals surface area contributed by atoms with Gasteiger partial charge in [-0.15, -0.1) is 0 Å². The molecule has 106 valence electrons. The van der Waals surface area contributed by atoms with E-state index in [9.17, 15) is 0 Å². The van der Waals surface area contributed by atoms with Gasteiger partial charge in [0.05, 0.1) is 5.69 Å². The van der Waals surface area contributed by atoms with Crippen LogP contribution in [0.2, 0.25) is 0 Å². The summed E-state index contributed by atoms with van der Waals surface area (Å²) < 4.78 is 0. The van der Waals surface area contributed by atoms with Gasteiger partial charge in [-0.1, -0.05) is 6.92 Å². The summed E-state index contributed by atoms with van der Waals surface area (Å²) in [5, 5.41) is 11.0. The number of nitrogens with one attached hydrogen (secondary N) is 2. The van der Waals surface area contributed by atoms with Crippen LogP contribution in [0.4, 0.5) is 0 Å². The van der Waals surface area contributed by atoms with E-state index >= 15 is 0 Å². The number of nitrogens with zero attached hydrogens (tertiary/aromatic N) is 2. The third-order valence-electron chi connectivity index (χ3n) is 4.71. The lowest BCUT2D eigenvalue weighted by Crippen LogP contribution is -2.42. The second-order valence-electron chi connectivity index (χ2n) is 6.79. The van der Waals surface area contributed by atoms with Crippen molar-refractivity contribution in [1.29, 1.82) is 0 Å². The van der Waals surface area contributed by atoms with Crippen LogP contribution in [-0.2, 0) is 0 Å². The van der Waals surface area contributed by atoms with Crippen LogP contribution in [0.1, 0.15) is 43.5 Å². The summed E-state index contributed by atoms with van der Waals surface area (Å²) in [6, 6.07) is 2.22. The number of hydrogen-bond acceptors (Lipinski definition) is 3. The van der Waals surface area contributed by atoms with Gasteiger partial charge >= 0.3 is 0 Å². The standard InChI is InChI=1S/C15H26N4/c1-12-8-14(18-17-12)13-4-3-7-19(9-13)11-15(2)5-6-16-10-15/h8,13,16H,3-7,9-11H2,1-2H3,(H,17,18). The molecular weight excluding hydrogens is 236 g/mol. The Kier molecular flexibility index (Phi) is 3.63. The molecule has 0 aromatic carbocycles. The van der Waals surface area contributed by atoms with Gasteiger partial charge in [0.2, 0.25) is 0 Å². The number of hydrogen-bond donors (Lipinski definition) is 2. The number of likely N-dealkylation sites (tertiary alicyclic amines) is 1. The van der Waals surface area contributed by atoms with Crippen molar-refractivity contribution in [2.45, 2.75) is 39.0 Å². The molecule has 0 radical (unpaired) electrons. The summed E-state index contributed by atoms with van der Waals surface area (Å²) in [5.74, 6) is 0.622. The van der Waals surface area contributed by atoms with Gasteiger partial charge in [0.1, 0.15) is 0 Å². The minimum Gasteiger partial charge on any atom is -0.316 e.